The van der Waals surface area contributed by atoms with Gasteiger partial charge in [0, 0.05) is 18.8 Å². The molecule has 0 bridgehead atoms. The lowest BCUT2D eigenvalue weighted by molar-refractivity contribution is -0.153. The van der Waals surface area contributed by atoms with E-state index in [0.29, 0.717) is 24.2 Å². The van der Waals surface area contributed by atoms with Gasteiger partial charge in [0.05, 0.1) is 6.61 Å². The Morgan fingerprint density at radius 1 is 1.12 bits per heavy atom. The third-order valence-corrected chi connectivity index (χ3v) is 10.3. The van der Waals surface area contributed by atoms with Gasteiger partial charge in [0.2, 0.25) is 0 Å². The van der Waals surface area contributed by atoms with E-state index in [1.165, 1.54) is 12.5 Å². The Balaban J connectivity index is 1.43. The first-order valence-corrected chi connectivity index (χ1v) is 12.6. The van der Waals surface area contributed by atoms with Crippen molar-refractivity contribution in [2.24, 2.45) is 34.3 Å². The van der Waals surface area contributed by atoms with Gasteiger partial charge in [0.1, 0.15) is 11.7 Å². The average molecular weight is 460 g/mol. The molecule has 1 heterocycles. The van der Waals surface area contributed by atoms with Crippen LogP contribution in [0.1, 0.15) is 79.1 Å². The summed E-state index contributed by atoms with van der Waals surface area (Å²) in [6.07, 6.45) is 9.68. The molecular weight excluding hydrogens is 422 g/mol. The highest BCUT2D eigenvalue weighted by atomic mass is 16.7. The molecule has 0 aromatic heterocycles. The van der Waals surface area contributed by atoms with Crippen molar-refractivity contribution in [2.45, 2.75) is 96.4 Å². The lowest BCUT2D eigenvalue weighted by Gasteiger charge is -2.57. The zero-order chi connectivity index (χ0) is 23.8. The zero-order valence-electron chi connectivity index (χ0n) is 20.3. The van der Waals surface area contributed by atoms with Gasteiger partial charge in [-0.05, 0) is 75.0 Å². The van der Waals surface area contributed by atoms with Crippen molar-refractivity contribution >= 4 is 17.8 Å². The first-order chi connectivity index (χ1) is 15.6. The number of ether oxygens (including phenoxy) is 3. The highest BCUT2D eigenvalue weighted by Gasteiger charge is 2.88. The van der Waals surface area contributed by atoms with E-state index >= 15 is 0 Å². The van der Waals surface area contributed by atoms with Crippen molar-refractivity contribution in [3.05, 3.63) is 11.6 Å². The maximum absolute atomic E-state index is 12.9. The molecule has 2 N–H and O–H groups in total. The van der Waals surface area contributed by atoms with E-state index in [9.17, 15) is 14.4 Å². The molecule has 5 rings (SSSR count). The van der Waals surface area contributed by atoms with Gasteiger partial charge in [0.25, 0.3) is 11.5 Å². The maximum atomic E-state index is 12.9. The number of esters is 2. The normalized spacial score (nSPS) is 47.6. The third kappa shape index (κ3) is 2.80. The molecule has 0 aromatic rings. The Morgan fingerprint density at radius 2 is 1.85 bits per heavy atom. The zero-order valence-corrected chi connectivity index (χ0v) is 20.3. The van der Waals surface area contributed by atoms with E-state index in [-0.39, 0.29) is 29.5 Å². The minimum atomic E-state index is -1.64. The number of fused-ring (bicyclic) bond motifs is 6. The smallest absolute Gasteiger partial charge is 0.351 e. The molecule has 0 aromatic carbocycles. The van der Waals surface area contributed by atoms with Crippen molar-refractivity contribution < 1.29 is 28.6 Å². The number of epoxide rings is 1. The van der Waals surface area contributed by atoms with E-state index < -0.39 is 23.1 Å². The predicted octanol–water partition coefficient (Wildman–Crippen LogP) is 3.44. The van der Waals surface area contributed by atoms with Gasteiger partial charge < -0.3 is 19.9 Å². The van der Waals surface area contributed by atoms with Crippen LogP contribution in [0.15, 0.2) is 11.6 Å². The van der Waals surface area contributed by atoms with Gasteiger partial charge >= 0.3 is 11.9 Å². The van der Waals surface area contributed by atoms with E-state index in [1.807, 2.05) is 0 Å². The molecule has 3 saturated carbocycles. The fourth-order valence-electron chi connectivity index (χ4n) is 8.73. The van der Waals surface area contributed by atoms with Crippen LogP contribution in [0.25, 0.3) is 0 Å². The van der Waals surface area contributed by atoms with E-state index in [2.05, 4.69) is 19.9 Å². The van der Waals surface area contributed by atoms with Crippen LogP contribution in [0.4, 0.5) is 0 Å². The van der Waals surface area contributed by atoms with Crippen LogP contribution in [0, 0.1) is 28.6 Å². The molecule has 33 heavy (non-hydrogen) atoms. The number of nitrogens with two attached hydrogens (primary N) is 1. The number of carbonyl (C=O) groups is 3. The van der Waals surface area contributed by atoms with Gasteiger partial charge in [-0.3, -0.25) is 9.59 Å². The summed E-state index contributed by atoms with van der Waals surface area (Å²) in [6.45, 7) is 8.02. The molecule has 7 heteroatoms. The fraction of sp³-hybridized carbons (Fsp3) is 0.808. The van der Waals surface area contributed by atoms with Gasteiger partial charge in [-0.1, -0.05) is 25.5 Å². The Morgan fingerprint density at radius 3 is 2.52 bits per heavy atom. The number of amides is 1. The van der Waals surface area contributed by atoms with Gasteiger partial charge in [-0.25, -0.2) is 4.79 Å². The maximum Gasteiger partial charge on any atom is 0.351 e. The standard InChI is InChI=1S/C26H37NO6/c1-5-31-22(30)26(21(27)29)25(33-26)13-10-20-18-7-6-16-14-17(32-15(2)28)8-11-23(16,3)19(18)9-12-24(20,25)4/h6,17-20H,5,7-14H2,1-4H3,(H2,27,29)/t17-,18-,19+,20-,23+,24+,25-,26-/m1/s1. The largest absolute Gasteiger partial charge is 0.463 e. The van der Waals surface area contributed by atoms with Crippen LogP contribution in [-0.4, -0.2) is 41.8 Å². The van der Waals surface area contributed by atoms with Crippen molar-refractivity contribution in [1.82, 2.24) is 0 Å². The molecule has 4 aliphatic carbocycles. The van der Waals surface area contributed by atoms with Crippen LogP contribution >= 0.6 is 0 Å². The van der Waals surface area contributed by atoms with Gasteiger partial charge in [0.15, 0.2) is 0 Å². The number of hydrogen-bond acceptors (Lipinski definition) is 6. The highest BCUT2D eigenvalue weighted by Crippen LogP contribution is 2.75. The number of allylic oxidation sites excluding steroid dienone is 1. The lowest BCUT2D eigenvalue weighted by Crippen LogP contribution is -2.56. The van der Waals surface area contributed by atoms with Gasteiger partial charge in [-0.15, -0.1) is 0 Å². The van der Waals surface area contributed by atoms with E-state index in [0.717, 1.165) is 44.9 Å². The Kier molecular flexibility index (Phi) is 5.06. The van der Waals surface area contributed by atoms with Gasteiger partial charge in [-0.2, -0.15) is 0 Å². The molecular formula is C26H37NO6. The number of primary amides is 1. The van der Waals surface area contributed by atoms with Crippen molar-refractivity contribution in [3.8, 4) is 0 Å². The van der Waals surface area contributed by atoms with Crippen molar-refractivity contribution in [1.29, 1.82) is 0 Å². The molecule has 182 valence electrons. The molecule has 7 nitrogen and oxygen atoms in total. The van der Waals surface area contributed by atoms with Crippen LogP contribution < -0.4 is 5.73 Å². The second-order valence-electron chi connectivity index (χ2n) is 11.4. The summed E-state index contributed by atoms with van der Waals surface area (Å²) >= 11 is 0. The van der Waals surface area contributed by atoms with Crippen LogP contribution in [0.3, 0.4) is 0 Å². The second-order valence-corrected chi connectivity index (χ2v) is 11.4. The minimum absolute atomic E-state index is 0.0115. The summed E-state index contributed by atoms with van der Waals surface area (Å²) in [5.74, 6) is -0.138. The Labute approximate surface area is 195 Å². The fourth-order valence-corrected chi connectivity index (χ4v) is 8.73. The van der Waals surface area contributed by atoms with Crippen LogP contribution in [0.5, 0.6) is 0 Å². The summed E-state index contributed by atoms with van der Waals surface area (Å²) in [5, 5.41) is 0. The molecule has 5 aliphatic rings. The summed E-state index contributed by atoms with van der Waals surface area (Å²) in [7, 11) is 0. The predicted molar refractivity (Wildman–Crippen MR) is 120 cm³/mol. The monoisotopic (exact) mass is 459 g/mol. The molecule has 0 radical (unpaired) electrons. The molecule has 1 aliphatic heterocycles. The molecule has 0 unspecified atom stereocenters. The van der Waals surface area contributed by atoms with E-state index in [1.54, 1.807) is 6.92 Å². The summed E-state index contributed by atoms with van der Waals surface area (Å²) < 4.78 is 17.0. The first kappa shape index (κ1) is 22.9. The lowest BCUT2D eigenvalue weighted by atomic mass is 9.47. The quantitative estimate of drug-likeness (QED) is 0.299. The topological polar surface area (TPSA) is 108 Å². The SMILES string of the molecule is CCOC(=O)[C@@]1(C(N)=O)O[C@@]12CC[C@@H]1[C@@H]3CC=C4C[C@H](OC(C)=O)CC[C@]4(C)[C@H]3CC[C@@]12C. The number of carbonyl (C=O) groups excluding carboxylic acids is 3. The van der Waals surface area contributed by atoms with Crippen LogP contribution in [-0.2, 0) is 28.6 Å². The van der Waals surface area contributed by atoms with Crippen LogP contribution in [0.2, 0.25) is 0 Å². The summed E-state index contributed by atoms with van der Waals surface area (Å²) in [6, 6.07) is 0. The van der Waals surface area contributed by atoms with Crippen molar-refractivity contribution in [2.75, 3.05) is 6.61 Å². The Hall–Kier alpha value is -1.89. The average Bonchev–Trinajstić information content (AvgIpc) is 3.36. The number of rotatable bonds is 4. The first-order valence-electron chi connectivity index (χ1n) is 12.6. The third-order valence-electron chi connectivity index (χ3n) is 10.3. The summed E-state index contributed by atoms with van der Waals surface area (Å²) in [5.41, 5.74) is 4.57. The van der Waals surface area contributed by atoms with Crippen molar-refractivity contribution in [3.63, 3.8) is 0 Å². The number of hydrogen-bond donors (Lipinski definition) is 1. The highest BCUT2D eigenvalue weighted by molar-refractivity contribution is 6.10. The molecule has 4 fully saturated rings. The molecule has 1 spiro atoms. The summed E-state index contributed by atoms with van der Waals surface area (Å²) in [4.78, 5) is 36.9. The molecule has 8 atom stereocenters. The molecule has 1 amide bonds. The van der Waals surface area contributed by atoms with E-state index in [4.69, 9.17) is 19.9 Å². The molecule has 1 saturated heterocycles. The minimum Gasteiger partial charge on any atom is -0.463 e. The second kappa shape index (κ2) is 7.30. The Bertz CT molecular complexity index is 930.